The molecule has 0 aromatic heterocycles. The first kappa shape index (κ1) is 31.1. The number of Topliss-reactive ketones (excluding diaryl/α,β-unsaturated/α-hetero) is 1. The van der Waals surface area contributed by atoms with E-state index in [2.05, 4.69) is 29.1 Å². The molecule has 2 unspecified atom stereocenters. The van der Waals surface area contributed by atoms with E-state index in [1.54, 1.807) is 26.0 Å². The molecule has 3 N–H and O–H groups in total. The van der Waals surface area contributed by atoms with Gasteiger partial charge in [0.15, 0.2) is 0 Å². The van der Waals surface area contributed by atoms with Crippen molar-refractivity contribution in [1.29, 1.82) is 0 Å². The molecule has 1 aliphatic carbocycles. The Kier molecular flexibility index (Phi) is 13.0. The number of nitrogens with zero attached hydrogens (tertiary/aromatic N) is 1. The van der Waals surface area contributed by atoms with Crippen LogP contribution in [0.3, 0.4) is 0 Å². The van der Waals surface area contributed by atoms with Gasteiger partial charge < -0.3 is 25.6 Å². The zero-order valence-electron chi connectivity index (χ0n) is 22.8. The highest BCUT2D eigenvalue weighted by Crippen LogP contribution is 2.29. The molecule has 10 nitrogen and oxygen atoms in total. The van der Waals surface area contributed by atoms with Crippen LogP contribution >= 0.6 is 0 Å². The summed E-state index contributed by atoms with van der Waals surface area (Å²) in [7, 11) is 0. The van der Waals surface area contributed by atoms with Crippen LogP contribution in [0.4, 0.5) is 4.79 Å². The first-order valence-electron chi connectivity index (χ1n) is 13.8. The molecule has 1 saturated carbocycles. The van der Waals surface area contributed by atoms with E-state index in [-0.39, 0.29) is 30.9 Å². The van der Waals surface area contributed by atoms with Crippen LogP contribution in [-0.2, 0) is 23.9 Å². The third-order valence-electron chi connectivity index (χ3n) is 6.99. The van der Waals surface area contributed by atoms with E-state index < -0.39 is 41.8 Å². The largest absolute Gasteiger partial charge is 0.447 e. The summed E-state index contributed by atoms with van der Waals surface area (Å²) in [6.45, 7) is 11.4. The lowest BCUT2D eigenvalue weighted by atomic mass is 9.83. The van der Waals surface area contributed by atoms with Crippen LogP contribution in [0.15, 0.2) is 25.3 Å². The Balaban J connectivity index is 2.15. The molecule has 0 aromatic rings. The molecule has 0 radical (unpaired) electrons. The Bertz CT molecular complexity index is 867. The van der Waals surface area contributed by atoms with E-state index in [1.165, 1.54) is 4.90 Å². The molecule has 0 spiro atoms. The molecule has 1 aliphatic heterocycles. The molecule has 1 heterocycles. The molecule has 212 valence electrons. The first-order chi connectivity index (χ1) is 18.2. The summed E-state index contributed by atoms with van der Waals surface area (Å²) in [6, 6.07) is -2.61. The molecule has 2 rings (SSSR count). The number of carbonyl (C=O) groups excluding carboxylic acids is 5. The third-order valence-corrected chi connectivity index (χ3v) is 6.99. The number of ketones is 1. The molecule has 4 amide bonds. The molecule has 38 heavy (non-hydrogen) atoms. The van der Waals surface area contributed by atoms with Crippen LogP contribution in [0.25, 0.3) is 0 Å². The number of nitrogens with one attached hydrogen (secondary N) is 3. The van der Waals surface area contributed by atoms with Gasteiger partial charge in [0.05, 0.1) is 12.1 Å². The average molecular weight is 533 g/mol. The number of rotatable bonds is 14. The fourth-order valence-corrected chi connectivity index (χ4v) is 5.06. The minimum absolute atomic E-state index is 0.0403. The lowest BCUT2D eigenvalue weighted by molar-refractivity contribution is -0.143. The topological polar surface area (TPSA) is 134 Å². The molecule has 1 saturated heterocycles. The normalized spacial score (nSPS) is 19.2. The fraction of sp³-hybridized carbons (Fsp3) is 0.679. The Morgan fingerprint density at radius 2 is 1.63 bits per heavy atom. The van der Waals surface area contributed by atoms with Crippen LogP contribution in [0.5, 0.6) is 0 Å². The number of hydrogen-bond donors (Lipinski definition) is 3. The summed E-state index contributed by atoms with van der Waals surface area (Å²) in [6.07, 6.45) is 9.12. The second kappa shape index (κ2) is 15.9. The van der Waals surface area contributed by atoms with Gasteiger partial charge in [-0.25, -0.2) is 4.79 Å². The van der Waals surface area contributed by atoms with Gasteiger partial charge in [-0.1, -0.05) is 31.4 Å². The van der Waals surface area contributed by atoms with Crippen molar-refractivity contribution in [1.82, 2.24) is 20.9 Å². The van der Waals surface area contributed by atoms with Crippen molar-refractivity contribution in [2.45, 2.75) is 102 Å². The molecule has 0 aromatic carbocycles. The van der Waals surface area contributed by atoms with Crippen molar-refractivity contribution >= 4 is 29.6 Å². The SMILES string of the molecule is C=CCCNC(=O)C(=O)C(CCC=C)NC(=O)[C@@H]1CCCN1C(=O)C(NC(=O)OC(C)C)C1CCCCC1. The standard InChI is InChI=1S/C28H44N4O6/c1-5-7-15-21(24(33)26(35)29-17-8-6-2)30-25(34)22-16-12-18-32(22)27(36)23(20-13-10-9-11-14-20)31-28(37)38-19(3)4/h5-6,19-23H,1-2,7-18H2,3-4H3,(H,29,35)(H,30,34)(H,31,37)/t21?,22-,23?/m0/s1. The van der Waals surface area contributed by atoms with Crippen LogP contribution < -0.4 is 16.0 Å². The Morgan fingerprint density at radius 3 is 2.26 bits per heavy atom. The maximum absolute atomic E-state index is 13.8. The number of carbonyl (C=O) groups is 5. The van der Waals surface area contributed by atoms with Gasteiger partial charge in [0.2, 0.25) is 17.6 Å². The smallest absolute Gasteiger partial charge is 0.408 e. The van der Waals surface area contributed by atoms with E-state index in [9.17, 15) is 24.0 Å². The highest BCUT2D eigenvalue weighted by Gasteiger charge is 2.42. The zero-order chi connectivity index (χ0) is 28.1. The predicted molar refractivity (Wildman–Crippen MR) is 144 cm³/mol. The number of ether oxygens (including phenoxy) is 1. The summed E-state index contributed by atoms with van der Waals surface area (Å²) in [4.78, 5) is 66.2. The van der Waals surface area contributed by atoms with Crippen molar-refractivity contribution in [3.8, 4) is 0 Å². The monoisotopic (exact) mass is 532 g/mol. The van der Waals surface area contributed by atoms with Gasteiger partial charge in [0.25, 0.3) is 5.91 Å². The summed E-state index contributed by atoms with van der Waals surface area (Å²) in [5.41, 5.74) is 0. The lowest BCUT2D eigenvalue weighted by Crippen LogP contribution is -2.58. The zero-order valence-corrected chi connectivity index (χ0v) is 22.8. The number of amides is 4. The van der Waals surface area contributed by atoms with E-state index in [0.29, 0.717) is 32.2 Å². The van der Waals surface area contributed by atoms with Crippen molar-refractivity contribution in [3.05, 3.63) is 25.3 Å². The second-order valence-electron chi connectivity index (χ2n) is 10.3. The summed E-state index contributed by atoms with van der Waals surface area (Å²) < 4.78 is 5.24. The highest BCUT2D eigenvalue weighted by atomic mass is 16.6. The Labute approximate surface area is 226 Å². The second-order valence-corrected chi connectivity index (χ2v) is 10.3. The van der Waals surface area contributed by atoms with Gasteiger partial charge in [0.1, 0.15) is 12.1 Å². The van der Waals surface area contributed by atoms with Gasteiger partial charge in [-0.3, -0.25) is 19.2 Å². The Morgan fingerprint density at radius 1 is 0.947 bits per heavy atom. The van der Waals surface area contributed by atoms with Crippen LogP contribution in [0, 0.1) is 5.92 Å². The predicted octanol–water partition coefficient (Wildman–Crippen LogP) is 2.77. The van der Waals surface area contributed by atoms with Gasteiger partial charge in [-0.2, -0.15) is 0 Å². The number of likely N-dealkylation sites (tertiary alicyclic amines) is 1. The van der Waals surface area contributed by atoms with E-state index >= 15 is 0 Å². The quantitative estimate of drug-likeness (QED) is 0.179. The first-order valence-corrected chi connectivity index (χ1v) is 13.8. The maximum atomic E-state index is 13.8. The summed E-state index contributed by atoms with van der Waals surface area (Å²) >= 11 is 0. The van der Waals surface area contributed by atoms with Crippen LogP contribution in [-0.4, -0.2) is 71.8 Å². The highest BCUT2D eigenvalue weighted by molar-refractivity contribution is 6.38. The average Bonchev–Trinajstić information content (AvgIpc) is 3.39. The fourth-order valence-electron chi connectivity index (χ4n) is 5.06. The summed E-state index contributed by atoms with van der Waals surface area (Å²) in [5.74, 6) is -2.35. The molecular weight excluding hydrogens is 488 g/mol. The summed E-state index contributed by atoms with van der Waals surface area (Å²) in [5, 5.41) is 8.02. The lowest BCUT2D eigenvalue weighted by Gasteiger charge is -2.34. The van der Waals surface area contributed by atoms with E-state index in [4.69, 9.17) is 4.74 Å². The molecule has 10 heteroatoms. The van der Waals surface area contributed by atoms with Gasteiger partial charge in [0, 0.05) is 13.1 Å². The van der Waals surface area contributed by atoms with Crippen molar-refractivity contribution < 1.29 is 28.7 Å². The molecule has 2 aliphatic rings. The van der Waals surface area contributed by atoms with Gasteiger partial charge in [-0.05, 0) is 64.7 Å². The van der Waals surface area contributed by atoms with Crippen molar-refractivity contribution in [2.75, 3.05) is 13.1 Å². The minimum atomic E-state index is -1.03. The van der Waals surface area contributed by atoms with Gasteiger partial charge in [-0.15, -0.1) is 13.2 Å². The number of allylic oxidation sites excluding steroid dienone is 1. The third kappa shape index (κ3) is 9.29. The molecular formula is C28H44N4O6. The Hall–Kier alpha value is -3.17. The maximum Gasteiger partial charge on any atom is 0.408 e. The molecule has 2 fully saturated rings. The van der Waals surface area contributed by atoms with Crippen LogP contribution in [0.2, 0.25) is 0 Å². The molecule has 3 atom stereocenters. The van der Waals surface area contributed by atoms with Gasteiger partial charge >= 0.3 is 6.09 Å². The molecule has 0 bridgehead atoms. The number of hydrogen-bond acceptors (Lipinski definition) is 6. The minimum Gasteiger partial charge on any atom is -0.447 e. The number of alkyl carbamates (subject to hydrolysis) is 1. The van der Waals surface area contributed by atoms with Crippen LogP contribution in [0.1, 0.15) is 78.1 Å². The van der Waals surface area contributed by atoms with E-state index in [0.717, 1.165) is 32.1 Å². The van der Waals surface area contributed by atoms with E-state index in [1.807, 2.05) is 0 Å². The van der Waals surface area contributed by atoms with Crippen molar-refractivity contribution in [3.63, 3.8) is 0 Å². The van der Waals surface area contributed by atoms with Crippen molar-refractivity contribution in [2.24, 2.45) is 5.92 Å².